The number of nitrogens with zero attached hydrogens (tertiary/aromatic N) is 2. The Bertz CT molecular complexity index is 3850. The molecule has 0 radical (unpaired) electrons. The third-order valence-electron chi connectivity index (χ3n) is 12.8. The first kappa shape index (κ1) is 35.0. The molecule has 0 saturated heterocycles. The van der Waals surface area contributed by atoms with Gasteiger partial charge in [-0.3, -0.25) is 0 Å². The number of benzene rings is 10. The molecule has 0 fully saturated rings. The predicted octanol–water partition coefficient (Wildman–Crippen LogP) is 16.7. The van der Waals surface area contributed by atoms with Crippen molar-refractivity contribution in [2.75, 3.05) is 0 Å². The van der Waals surface area contributed by atoms with Gasteiger partial charge in [-0.25, -0.2) is 4.98 Å². The Morgan fingerprint density at radius 2 is 0.871 bits per heavy atom. The molecule has 0 atom stereocenters. The van der Waals surface area contributed by atoms with Crippen LogP contribution in [0.1, 0.15) is 0 Å². The van der Waals surface area contributed by atoms with Crippen LogP contribution in [0.25, 0.3) is 125 Å². The van der Waals surface area contributed by atoms with E-state index in [0.717, 1.165) is 39.2 Å². The monoisotopic (exact) mass is 804 g/mol. The molecule has 0 saturated carbocycles. The number of thiophene rings is 1. The van der Waals surface area contributed by atoms with Crippen LogP contribution in [0.5, 0.6) is 0 Å². The molecule has 13 rings (SSSR count). The molecule has 0 amide bonds. The van der Waals surface area contributed by atoms with Crippen molar-refractivity contribution in [1.29, 1.82) is 0 Å². The highest BCUT2D eigenvalue weighted by Gasteiger charge is 2.20. The molecule has 3 aromatic heterocycles. The van der Waals surface area contributed by atoms with Gasteiger partial charge in [-0.2, -0.15) is 0 Å². The van der Waals surface area contributed by atoms with Gasteiger partial charge in [0.25, 0.3) is 0 Å². The topological polar surface area (TPSA) is 17.8 Å². The highest BCUT2D eigenvalue weighted by atomic mass is 32.1. The molecule has 13 aromatic rings. The Morgan fingerprint density at radius 3 is 1.65 bits per heavy atom. The summed E-state index contributed by atoms with van der Waals surface area (Å²) in [5.74, 6) is 0. The van der Waals surface area contributed by atoms with Crippen LogP contribution in [0.15, 0.2) is 218 Å². The molecule has 0 aliphatic heterocycles. The fourth-order valence-corrected chi connectivity index (χ4v) is 10.9. The number of hydrogen-bond acceptors (Lipinski definition) is 2. The van der Waals surface area contributed by atoms with E-state index in [-0.39, 0.29) is 0 Å². The minimum Gasteiger partial charge on any atom is -0.309 e. The van der Waals surface area contributed by atoms with E-state index in [2.05, 4.69) is 222 Å². The minimum atomic E-state index is 0.939. The van der Waals surface area contributed by atoms with Crippen molar-refractivity contribution in [2.45, 2.75) is 0 Å². The second-order valence-electron chi connectivity index (χ2n) is 16.3. The van der Waals surface area contributed by atoms with Crippen molar-refractivity contribution in [1.82, 2.24) is 9.55 Å². The van der Waals surface area contributed by atoms with Gasteiger partial charge < -0.3 is 4.57 Å². The van der Waals surface area contributed by atoms with Crippen LogP contribution in [-0.2, 0) is 0 Å². The Balaban J connectivity index is 1.16. The zero-order valence-electron chi connectivity index (χ0n) is 33.6. The highest BCUT2D eigenvalue weighted by molar-refractivity contribution is 7.17. The van der Waals surface area contributed by atoms with E-state index >= 15 is 0 Å². The normalized spacial score (nSPS) is 11.9. The molecular weight excluding hydrogens is 769 g/mol. The van der Waals surface area contributed by atoms with Gasteiger partial charge in [-0.05, 0) is 125 Å². The van der Waals surface area contributed by atoms with E-state index in [0.29, 0.717) is 0 Å². The van der Waals surface area contributed by atoms with Crippen LogP contribution in [-0.4, -0.2) is 9.55 Å². The minimum absolute atomic E-state index is 0.939. The molecule has 288 valence electrons. The molecule has 2 nitrogen and oxygen atoms in total. The number of pyridine rings is 1. The lowest BCUT2D eigenvalue weighted by atomic mass is 9.91. The molecule has 0 N–H and O–H groups in total. The molecule has 0 spiro atoms. The Morgan fingerprint density at radius 1 is 0.323 bits per heavy atom. The van der Waals surface area contributed by atoms with Gasteiger partial charge in [0.15, 0.2) is 0 Å². The van der Waals surface area contributed by atoms with E-state index < -0.39 is 0 Å². The second kappa shape index (κ2) is 13.9. The lowest BCUT2D eigenvalue weighted by Gasteiger charge is -2.15. The number of rotatable bonds is 5. The summed E-state index contributed by atoms with van der Waals surface area (Å²) in [5, 5.41) is 16.0. The quantitative estimate of drug-likeness (QED) is 0.158. The average molecular weight is 805 g/mol. The molecule has 3 heterocycles. The lowest BCUT2D eigenvalue weighted by Crippen LogP contribution is -1.98. The molecule has 62 heavy (non-hydrogen) atoms. The molecule has 0 aliphatic carbocycles. The van der Waals surface area contributed by atoms with Crippen molar-refractivity contribution in [3.8, 4) is 50.5 Å². The van der Waals surface area contributed by atoms with Crippen LogP contribution in [0.3, 0.4) is 0 Å². The van der Waals surface area contributed by atoms with Crippen LogP contribution < -0.4 is 0 Å². The van der Waals surface area contributed by atoms with Crippen molar-refractivity contribution < 1.29 is 0 Å². The number of aromatic nitrogens is 2. The van der Waals surface area contributed by atoms with E-state index in [1.54, 1.807) is 0 Å². The van der Waals surface area contributed by atoms with Gasteiger partial charge in [-0.1, -0.05) is 164 Å². The molecular formula is C59H36N2S. The summed E-state index contributed by atoms with van der Waals surface area (Å²) in [6.07, 6.45) is 0. The van der Waals surface area contributed by atoms with Gasteiger partial charge in [0.2, 0.25) is 0 Å². The highest BCUT2D eigenvalue weighted by Crippen LogP contribution is 2.44. The fourth-order valence-electron chi connectivity index (χ4n) is 9.94. The predicted molar refractivity (Wildman–Crippen MR) is 266 cm³/mol. The zero-order valence-corrected chi connectivity index (χ0v) is 34.4. The third-order valence-corrected chi connectivity index (χ3v) is 13.8. The summed E-state index contributed by atoms with van der Waals surface area (Å²) >= 11 is 1.81. The number of hydrogen-bond donors (Lipinski definition) is 0. The van der Waals surface area contributed by atoms with Crippen LogP contribution in [0.4, 0.5) is 0 Å². The van der Waals surface area contributed by atoms with Crippen molar-refractivity contribution in [3.63, 3.8) is 0 Å². The molecule has 3 heteroatoms. The Kier molecular flexibility index (Phi) is 7.81. The smallest absolute Gasteiger partial charge is 0.0730 e. The van der Waals surface area contributed by atoms with Crippen LogP contribution >= 0.6 is 11.3 Å². The van der Waals surface area contributed by atoms with Crippen molar-refractivity contribution in [3.05, 3.63) is 218 Å². The fraction of sp³-hybridized carbons (Fsp3) is 0. The van der Waals surface area contributed by atoms with Gasteiger partial charge in [-0.15, -0.1) is 11.3 Å². The summed E-state index contributed by atoms with van der Waals surface area (Å²) in [7, 11) is 0. The number of fused-ring (bicyclic) bond motifs is 11. The Hall–Kier alpha value is -7.85. The van der Waals surface area contributed by atoms with E-state index in [9.17, 15) is 0 Å². The maximum absolute atomic E-state index is 5.30. The molecule has 10 aromatic carbocycles. The average Bonchev–Trinajstić information content (AvgIpc) is 3.96. The maximum Gasteiger partial charge on any atom is 0.0730 e. The summed E-state index contributed by atoms with van der Waals surface area (Å²) in [4.78, 5) is 5.30. The Labute approximate surface area is 362 Å². The zero-order chi connectivity index (χ0) is 40.7. The maximum atomic E-state index is 5.30. The standard InChI is InChI=1S/C59H36N2S/c1-3-14-38(15-4-1)55-33-43(34-56(60-55)39-16-5-2-6-17-39)61-57-28-26-41(45-23-11-18-37-13-7-8-20-44(37)45)32-53(57)54-35-51-48-22-10-9-21-47(48)49-27-25-42(31-50(49)52(51)36-58(54)61)46-24-12-19-40-29-30-62-59(40)46/h1-36H. The molecule has 0 aliphatic rings. The largest absolute Gasteiger partial charge is 0.309 e. The van der Waals surface area contributed by atoms with Crippen LogP contribution in [0.2, 0.25) is 0 Å². The van der Waals surface area contributed by atoms with Crippen LogP contribution in [0, 0.1) is 0 Å². The van der Waals surface area contributed by atoms with E-state index in [1.807, 2.05) is 11.3 Å². The first-order chi connectivity index (χ1) is 30.7. The summed E-state index contributed by atoms with van der Waals surface area (Å²) in [5.41, 5.74) is 12.4. The summed E-state index contributed by atoms with van der Waals surface area (Å²) in [6.45, 7) is 0. The second-order valence-corrected chi connectivity index (χ2v) is 17.2. The third kappa shape index (κ3) is 5.46. The summed E-state index contributed by atoms with van der Waals surface area (Å²) < 4.78 is 3.80. The lowest BCUT2D eigenvalue weighted by molar-refractivity contribution is 1.16. The van der Waals surface area contributed by atoms with Gasteiger partial charge in [0, 0.05) is 26.6 Å². The van der Waals surface area contributed by atoms with Crippen molar-refractivity contribution >= 4 is 86.3 Å². The van der Waals surface area contributed by atoms with Crippen molar-refractivity contribution in [2.24, 2.45) is 0 Å². The first-order valence-electron chi connectivity index (χ1n) is 21.2. The molecule has 0 bridgehead atoms. The van der Waals surface area contributed by atoms with Gasteiger partial charge >= 0.3 is 0 Å². The summed E-state index contributed by atoms with van der Waals surface area (Å²) in [6, 6.07) is 77.9. The molecule has 0 unspecified atom stereocenters. The van der Waals surface area contributed by atoms with E-state index in [4.69, 9.17) is 4.98 Å². The van der Waals surface area contributed by atoms with Gasteiger partial charge in [0.1, 0.15) is 0 Å². The first-order valence-corrected chi connectivity index (χ1v) is 22.1. The SMILES string of the molecule is c1ccc(-c2cc(-n3c4ccc(-c5cccc6ccccc56)cc4c4cc5c6ccccc6c6ccc(-c7cccc8ccsc78)cc6c5cc43)cc(-c3ccccc3)n2)cc1. The van der Waals surface area contributed by atoms with Gasteiger partial charge in [0.05, 0.1) is 28.1 Å². The van der Waals surface area contributed by atoms with E-state index in [1.165, 1.54) is 86.2 Å².